The maximum Gasteiger partial charge on any atom is 0.241 e. The quantitative estimate of drug-likeness (QED) is 0.178. The lowest BCUT2D eigenvalue weighted by atomic mass is 9.51. The van der Waals surface area contributed by atoms with Gasteiger partial charge in [0.15, 0.2) is 11.5 Å². The lowest BCUT2D eigenvalue weighted by Gasteiger charge is -2.49. The molecule has 0 bridgehead atoms. The Balaban J connectivity index is 1.18. The zero-order valence-corrected chi connectivity index (χ0v) is 27.1. The normalized spacial score (nSPS) is 27.4. The van der Waals surface area contributed by atoms with Crippen molar-refractivity contribution in [1.29, 1.82) is 0 Å². The summed E-state index contributed by atoms with van der Waals surface area (Å²) in [5.74, 6) is -4.13. The zero-order chi connectivity index (χ0) is 34.0. The molecular formula is C40H35N3O6. The van der Waals surface area contributed by atoms with Gasteiger partial charge in [0.1, 0.15) is 0 Å². The number of nitrogens with one attached hydrogen (secondary N) is 1. The first kappa shape index (κ1) is 30.6. The van der Waals surface area contributed by atoms with E-state index in [0.717, 1.165) is 16.9 Å². The molecule has 6 atom stereocenters. The third-order valence-electron chi connectivity index (χ3n) is 11.0. The lowest BCUT2D eigenvalue weighted by molar-refractivity contribution is -0.131. The Morgan fingerprint density at radius 3 is 2.08 bits per heavy atom. The van der Waals surface area contributed by atoms with Crippen molar-refractivity contribution in [2.24, 2.45) is 29.1 Å². The fourth-order valence-electron chi connectivity index (χ4n) is 8.74. The molecule has 2 N–H and O–H groups in total. The number of nitrogens with zero attached hydrogens (tertiary/aromatic N) is 2. The Morgan fingerprint density at radius 2 is 1.41 bits per heavy atom. The number of methoxy groups -OCH3 is 1. The maximum absolute atomic E-state index is 14.5. The second-order valence-corrected chi connectivity index (χ2v) is 13.5. The van der Waals surface area contributed by atoms with E-state index in [1.165, 1.54) is 16.9 Å². The molecule has 9 nitrogen and oxygen atoms in total. The first-order valence-electron chi connectivity index (χ1n) is 16.5. The molecule has 2 heterocycles. The van der Waals surface area contributed by atoms with Crippen molar-refractivity contribution < 1.29 is 29.0 Å². The largest absolute Gasteiger partial charge is 0.504 e. The van der Waals surface area contributed by atoms with Crippen molar-refractivity contribution in [2.45, 2.75) is 25.7 Å². The van der Waals surface area contributed by atoms with E-state index >= 15 is 0 Å². The lowest BCUT2D eigenvalue weighted by Crippen LogP contribution is -2.48. The molecule has 0 unspecified atom stereocenters. The molecule has 0 spiro atoms. The summed E-state index contributed by atoms with van der Waals surface area (Å²) in [4.78, 5) is 59.8. The van der Waals surface area contributed by atoms with E-state index in [9.17, 15) is 24.3 Å². The number of para-hydroxylation sites is 2. The smallest absolute Gasteiger partial charge is 0.241 e. The highest BCUT2D eigenvalue weighted by Gasteiger charge is 2.67. The van der Waals surface area contributed by atoms with Crippen LogP contribution < -0.4 is 19.9 Å². The SMILES string of the molecule is COc1ccc([C@H]2C3=CC[C@@H]4C(=O)N(c5ccc(Nc6ccccc6)cc5)C(=O)[C@@H]4[C@@H]3C[C@H]3C(=O)N(c4ccccc4)C(=O)[C@@]23C)cc1O. The van der Waals surface area contributed by atoms with Gasteiger partial charge in [0.25, 0.3) is 0 Å². The van der Waals surface area contributed by atoms with E-state index in [0.29, 0.717) is 23.4 Å². The molecule has 49 heavy (non-hydrogen) atoms. The van der Waals surface area contributed by atoms with E-state index in [2.05, 4.69) is 5.32 Å². The van der Waals surface area contributed by atoms with Gasteiger partial charge in [-0.05, 0) is 91.9 Å². The molecule has 4 amide bonds. The number of hydrogen-bond donors (Lipinski definition) is 2. The molecule has 4 aromatic rings. The highest BCUT2D eigenvalue weighted by atomic mass is 16.5. The van der Waals surface area contributed by atoms with E-state index in [1.54, 1.807) is 48.5 Å². The Bertz CT molecular complexity index is 2030. The van der Waals surface area contributed by atoms with E-state index in [1.807, 2.05) is 67.6 Å². The number of anilines is 4. The number of amides is 4. The fraction of sp³-hybridized carbons (Fsp3) is 0.250. The van der Waals surface area contributed by atoms with Crippen LogP contribution in [0.2, 0.25) is 0 Å². The monoisotopic (exact) mass is 653 g/mol. The van der Waals surface area contributed by atoms with Crippen molar-refractivity contribution in [3.63, 3.8) is 0 Å². The van der Waals surface area contributed by atoms with Crippen molar-refractivity contribution in [3.8, 4) is 11.5 Å². The molecule has 246 valence electrons. The number of carbonyl (C=O) groups is 4. The van der Waals surface area contributed by atoms with Crippen LogP contribution in [-0.4, -0.2) is 35.8 Å². The second-order valence-electron chi connectivity index (χ2n) is 13.5. The Morgan fingerprint density at radius 1 is 0.755 bits per heavy atom. The molecular weight excluding hydrogens is 618 g/mol. The number of fused-ring (bicyclic) bond motifs is 4. The van der Waals surface area contributed by atoms with Crippen molar-refractivity contribution in [3.05, 3.63) is 120 Å². The highest BCUT2D eigenvalue weighted by molar-refractivity contribution is 6.25. The highest BCUT2D eigenvalue weighted by Crippen LogP contribution is 2.64. The van der Waals surface area contributed by atoms with Gasteiger partial charge in [-0.3, -0.25) is 24.1 Å². The summed E-state index contributed by atoms with van der Waals surface area (Å²) >= 11 is 0. The molecule has 4 aromatic carbocycles. The maximum atomic E-state index is 14.5. The average molecular weight is 654 g/mol. The van der Waals surface area contributed by atoms with Crippen LogP contribution in [0.3, 0.4) is 0 Å². The summed E-state index contributed by atoms with van der Waals surface area (Å²) in [6, 6.07) is 30.9. The number of benzene rings is 4. The van der Waals surface area contributed by atoms with Crippen LogP contribution in [0.4, 0.5) is 22.7 Å². The molecule has 2 aliphatic carbocycles. The van der Waals surface area contributed by atoms with Crippen LogP contribution in [0.5, 0.6) is 11.5 Å². The van der Waals surface area contributed by atoms with Gasteiger partial charge in [-0.2, -0.15) is 0 Å². The fourth-order valence-corrected chi connectivity index (χ4v) is 8.74. The topological polar surface area (TPSA) is 116 Å². The minimum atomic E-state index is -1.20. The summed E-state index contributed by atoms with van der Waals surface area (Å²) in [6.07, 6.45) is 2.59. The molecule has 0 aromatic heterocycles. The number of ether oxygens (including phenoxy) is 1. The predicted octanol–water partition coefficient (Wildman–Crippen LogP) is 6.58. The summed E-state index contributed by atoms with van der Waals surface area (Å²) in [5, 5.41) is 14.2. The molecule has 8 rings (SSSR count). The van der Waals surface area contributed by atoms with Crippen molar-refractivity contribution >= 4 is 46.4 Å². The number of allylic oxidation sites excluding steroid dienone is 2. The van der Waals surface area contributed by atoms with Crippen molar-refractivity contribution in [2.75, 3.05) is 22.2 Å². The van der Waals surface area contributed by atoms with E-state index in [-0.39, 0.29) is 41.5 Å². The van der Waals surface area contributed by atoms with Crippen LogP contribution in [0, 0.1) is 29.1 Å². The third kappa shape index (κ3) is 4.59. The molecule has 2 saturated heterocycles. The predicted molar refractivity (Wildman–Crippen MR) is 184 cm³/mol. The van der Waals surface area contributed by atoms with E-state index < -0.39 is 35.0 Å². The molecule has 3 fully saturated rings. The van der Waals surface area contributed by atoms with Gasteiger partial charge in [0.2, 0.25) is 23.6 Å². The van der Waals surface area contributed by atoms with Crippen molar-refractivity contribution in [1.82, 2.24) is 0 Å². The Kier molecular flexibility index (Phi) is 7.17. The second kappa shape index (κ2) is 11.5. The van der Waals surface area contributed by atoms with Gasteiger partial charge >= 0.3 is 0 Å². The van der Waals surface area contributed by atoms with E-state index in [4.69, 9.17) is 4.74 Å². The standard InChI is InChI=1S/C40H35N3O6/c1-40-31(37(46)43(39(40)48)26-11-7-4-8-12-26)22-30-28(35(40)23-13-20-33(49-2)32(44)21-23)18-19-29-34(30)38(47)42(36(29)45)27-16-14-25(15-17-27)41-24-9-5-3-6-10-24/h3-18,20-21,29-31,34-35,41,44H,19,22H2,1-2H3/t29-,30+,31-,34-,35-,40+/m0/s1. The number of rotatable bonds is 6. The van der Waals surface area contributed by atoms with Crippen LogP contribution in [0.15, 0.2) is 115 Å². The first-order chi connectivity index (χ1) is 23.7. The minimum Gasteiger partial charge on any atom is -0.504 e. The number of phenols is 1. The number of carbonyl (C=O) groups excluding carboxylic acids is 4. The molecule has 4 aliphatic rings. The third-order valence-corrected chi connectivity index (χ3v) is 11.0. The summed E-state index contributed by atoms with van der Waals surface area (Å²) in [5.41, 5.74) is 3.02. The molecule has 2 aliphatic heterocycles. The van der Waals surface area contributed by atoms with Crippen LogP contribution in [0.25, 0.3) is 0 Å². The first-order valence-corrected chi connectivity index (χ1v) is 16.5. The zero-order valence-electron chi connectivity index (χ0n) is 27.1. The van der Waals surface area contributed by atoms with Gasteiger partial charge in [0, 0.05) is 17.3 Å². The Labute approximate surface area is 283 Å². The minimum absolute atomic E-state index is 0.0863. The number of aromatic hydroxyl groups is 1. The summed E-state index contributed by atoms with van der Waals surface area (Å²) < 4.78 is 5.31. The molecule has 9 heteroatoms. The summed E-state index contributed by atoms with van der Waals surface area (Å²) in [7, 11) is 1.46. The van der Waals surface area contributed by atoms with Gasteiger partial charge in [-0.1, -0.05) is 54.1 Å². The van der Waals surface area contributed by atoms with Gasteiger partial charge in [-0.15, -0.1) is 0 Å². The summed E-state index contributed by atoms with van der Waals surface area (Å²) in [6.45, 7) is 1.83. The van der Waals surface area contributed by atoms with Gasteiger partial charge in [0.05, 0.1) is 41.7 Å². The van der Waals surface area contributed by atoms with Crippen LogP contribution in [-0.2, 0) is 19.2 Å². The van der Waals surface area contributed by atoms with Crippen LogP contribution >= 0.6 is 0 Å². The van der Waals surface area contributed by atoms with Gasteiger partial charge < -0.3 is 15.2 Å². The van der Waals surface area contributed by atoms with Crippen LogP contribution in [0.1, 0.15) is 31.2 Å². The number of imide groups is 2. The van der Waals surface area contributed by atoms with Gasteiger partial charge in [-0.25, -0.2) is 4.90 Å². The average Bonchev–Trinajstić information content (AvgIpc) is 3.48. The number of phenolic OH excluding ortho intramolecular Hbond substituents is 1. The molecule has 1 saturated carbocycles. The Hall–Kier alpha value is -5.70. The molecule has 0 radical (unpaired) electrons. The number of hydrogen-bond acceptors (Lipinski definition) is 7.